The average Bonchev–Trinajstić information content (AvgIpc) is 2.63. The molecule has 6 nitrogen and oxygen atoms in total. The average molecular weight is 270 g/mol. The third-order valence-electron chi connectivity index (χ3n) is 2.83. The number of carbonyl (C=O) groups excluding carboxylic acids is 1. The Bertz CT molecular complexity index is 497. The normalized spacial score (nSPS) is 14.2. The number of fused-ring (bicyclic) bond motifs is 1. The molecule has 1 amide bonds. The second-order valence-corrected chi connectivity index (χ2v) is 5.05. The summed E-state index contributed by atoms with van der Waals surface area (Å²) in [6.07, 6.45) is -0.393. The molecule has 7 heteroatoms. The molecule has 0 saturated heterocycles. The first-order valence-corrected chi connectivity index (χ1v) is 6.41. The number of nitrogens with two attached hydrogens (primary N) is 1. The number of ether oxygens (including phenoxy) is 1. The van der Waals surface area contributed by atoms with E-state index in [1.165, 1.54) is 16.2 Å². The quantitative estimate of drug-likeness (QED) is 0.795. The molecule has 0 unspecified atom stereocenters. The van der Waals surface area contributed by atoms with Crippen molar-refractivity contribution in [1.82, 2.24) is 4.90 Å². The Morgan fingerprint density at radius 3 is 2.89 bits per heavy atom. The largest absolute Gasteiger partial charge is 0.465 e. The zero-order valence-electron chi connectivity index (χ0n) is 9.93. The fourth-order valence-electron chi connectivity index (χ4n) is 2.00. The van der Waals surface area contributed by atoms with Crippen LogP contribution in [0.2, 0.25) is 0 Å². The van der Waals surface area contributed by atoms with Gasteiger partial charge in [0.25, 0.3) is 0 Å². The van der Waals surface area contributed by atoms with Crippen molar-refractivity contribution in [2.75, 3.05) is 18.9 Å². The highest BCUT2D eigenvalue weighted by molar-refractivity contribution is 7.16. The van der Waals surface area contributed by atoms with E-state index in [1.54, 1.807) is 6.92 Å². The van der Waals surface area contributed by atoms with Crippen molar-refractivity contribution < 1.29 is 19.4 Å². The second-order valence-electron chi connectivity index (χ2n) is 3.92. The molecule has 0 aromatic carbocycles. The molecule has 1 aliphatic heterocycles. The zero-order chi connectivity index (χ0) is 13.3. The lowest BCUT2D eigenvalue weighted by Crippen LogP contribution is -2.34. The lowest BCUT2D eigenvalue weighted by Gasteiger charge is -2.24. The number of thiophene rings is 1. The van der Waals surface area contributed by atoms with E-state index in [1.807, 2.05) is 0 Å². The molecule has 0 fully saturated rings. The number of nitrogens with zero attached hydrogens (tertiary/aromatic N) is 1. The van der Waals surface area contributed by atoms with Crippen LogP contribution in [0.25, 0.3) is 0 Å². The van der Waals surface area contributed by atoms with Gasteiger partial charge < -0.3 is 20.5 Å². The molecule has 0 saturated carbocycles. The van der Waals surface area contributed by atoms with Crippen LogP contribution in [0.3, 0.4) is 0 Å². The molecule has 2 heterocycles. The van der Waals surface area contributed by atoms with E-state index in [0.717, 1.165) is 4.88 Å². The summed E-state index contributed by atoms with van der Waals surface area (Å²) in [5.41, 5.74) is 6.86. The highest BCUT2D eigenvalue weighted by Crippen LogP contribution is 2.35. The lowest BCUT2D eigenvalue weighted by molar-refractivity contribution is 0.0524. The minimum atomic E-state index is -0.986. The van der Waals surface area contributed by atoms with Gasteiger partial charge in [0.2, 0.25) is 0 Å². The van der Waals surface area contributed by atoms with Gasteiger partial charge >= 0.3 is 12.1 Å². The number of carboxylic acid groups (broad SMARTS) is 1. The molecule has 0 bridgehead atoms. The van der Waals surface area contributed by atoms with Gasteiger partial charge in [-0.3, -0.25) is 0 Å². The third kappa shape index (κ3) is 2.13. The molecule has 0 atom stereocenters. The Morgan fingerprint density at radius 2 is 2.28 bits per heavy atom. The lowest BCUT2D eigenvalue weighted by atomic mass is 10.0. The van der Waals surface area contributed by atoms with Gasteiger partial charge in [-0.25, -0.2) is 9.59 Å². The Labute approximate surface area is 108 Å². The van der Waals surface area contributed by atoms with Crippen molar-refractivity contribution in [3.63, 3.8) is 0 Å². The van der Waals surface area contributed by atoms with Crippen LogP contribution < -0.4 is 5.73 Å². The first-order chi connectivity index (χ1) is 8.54. The van der Waals surface area contributed by atoms with Gasteiger partial charge in [0, 0.05) is 17.0 Å². The molecule has 1 aromatic heterocycles. The number of rotatable bonds is 2. The SMILES string of the molecule is CCOC(=O)c1c(N)sc2c1CN(C(=O)O)CC2. The van der Waals surface area contributed by atoms with Gasteiger partial charge in [0.15, 0.2) is 0 Å². The van der Waals surface area contributed by atoms with Crippen LogP contribution in [0.1, 0.15) is 27.7 Å². The molecule has 1 aromatic rings. The van der Waals surface area contributed by atoms with Crippen LogP contribution in [-0.2, 0) is 17.7 Å². The first-order valence-electron chi connectivity index (χ1n) is 5.59. The van der Waals surface area contributed by atoms with Crippen molar-refractivity contribution in [3.8, 4) is 0 Å². The van der Waals surface area contributed by atoms with E-state index in [0.29, 0.717) is 29.1 Å². The minimum absolute atomic E-state index is 0.201. The summed E-state index contributed by atoms with van der Waals surface area (Å²) < 4.78 is 4.95. The molecule has 2 rings (SSSR count). The van der Waals surface area contributed by atoms with Crippen LogP contribution in [-0.4, -0.2) is 35.2 Å². The molecule has 18 heavy (non-hydrogen) atoms. The number of carbonyl (C=O) groups is 2. The molecular weight excluding hydrogens is 256 g/mol. The van der Waals surface area contributed by atoms with Gasteiger partial charge in [-0.15, -0.1) is 11.3 Å². The molecular formula is C11H14N2O4S. The van der Waals surface area contributed by atoms with Crippen molar-refractivity contribution in [1.29, 1.82) is 0 Å². The Hall–Kier alpha value is -1.76. The second kappa shape index (κ2) is 4.85. The van der Waals surface area contributed by atoms with Crippen LogP contribution in [0.15, 0.2) is 0 Å². The fourth-order valence-corrected chi connectivity index (χ4v) is 3.06. The molecule has 3 N–H and O–H groups in total. The monoisotopic (exact) mass is 270 g/mol. The van der Waals surface area contributed by atoms with E-state index in [-0.39, 0.29) is 13.2 Å². The van der Waals surface area contributed by atoms with Gasteiger partial charge in [-0.2, -0.15) is 0 Å². The van der Waals surface area contributed by atoms with E-state index in [2.05, 4.69) is 0 Å². The van der Waals surface area contributed by atoms with Crippen molar-refractivity contribution >= 4 is 28.4 Å². The molecule has 0 spiro atoms. The maximum Gasteiger partial charge on any atom is 0.407 e. The van der Waals surface area contributed by atoms with Crippen molar-refractivity contribution in [3.05, 3.63) is 16.0 Å². The number of nitrogen functional groups attached to an aromatic ring is 1. The summed E-state index contributed by atoms with van der Waals surface area (Å²) in [6.45, 7) is 2.62. The Balaban J connectivity index is 2.35. The molecule has 98 valence electrons. The smallest absolute Gasteiger partial charge is 0.407 e. The summed E-state index contributed by atoms with van der Waals surface area (Å²) in [6, 6.07) is 0. The summed E-state index contributed by atoms with van der Waals surface area (Å²) in [5.74, 6) is -0.472. The number of amides is 1. The first kappa shape index (κ1) is 12.7. The molecule has 0 radical (unpaired) electrons. The van der Waals surface area contributed by atoms with Crippen molar-refractivity contribution in [2.45, 2.75) is 19.9 Å². The van der Waals surface area contributed by atoms with Gasteiger partial charge in [-0.05, 0) is 13.3 Å². The predicted octanol–water partition coefficient (Wildman–Crippen LogP) is 1.54. The van der Waals surface area contributed by atoms with Crippen LogP contribution in [0.5, 0.6) is 0 Å². The van der Waals surface area contributed by atoms with Crippen molar-refractivity contribution in [2.24, 2.45) is 0 Å². The Kier molecular flexibility index (Phi) is 3.42. The molecule has 0 aliphatic carbocycles. The van der Waals surface area contributed by atoms with E-state index >= 15 is 0 Å². The number of anilines is 1. The maximum atomic E-state index is 11.8. The van der Waals surface area contributed by atoms with E-state index < -0.39 is 12.1 Å². The van der Waals surface area contributed by atoms with E-state index in [9.17, 15) is 9.59 Å². The van der Waals surface area contributed by atoms with Gasteiger partial charge in [0.1, 0.15) is 5.00 Å². The maximum absolute atomic E-state index is 11.8. The van der Waals surface area contributed by atoms with Crippen LogP contribution in [0, 0.1) is 0 Å². The summed E-state index contributed by atoms with van der Waals surface area (Å²) in [5, 5.41) is 9.39. The van der Waals surface area contributed by atoms with Crippen LogP contribution >= 0.6 is 11.3 Å². The zero-order valence-corrected chi connectivity index (χ0v) is 10.7. The number of esters is 1. The third-order valence-corrected chi connectivity index (χ3v) is 3.95. The Morgan fingerprint density at radius 1 is 1.56 bits per heavy atom. The highest BCUT2D eigenvalue weighted by atomic mass is 32.1. The number of hydrogen-bond acceptors (Lipinski definition) is 5. The predicted molar refractivity (Wildman–Crippen MR) is 66.8 cm³/mol. The van der Waals surface area contributed by atoms with Gasteiger partial charge in [0.05, 0.1) is 18.7 Å². The summed E-state index contributed by atoms with van der Waals surface area (Å²) in [4.78, 5) is 25.0. The highest BCUT2D eigenvalue weighted by Gasteiger charge is 2.29. The minimum Gasteiger partial charge on any atom is -0.465 e. The van der Waals surface area contributed by atoms with E-state index in [4.69, 9.17) is 15.6 Å². The summed E-state index contributed by atoms with van der Waals surface area (Å²) in [7, 11) is 0. The van der Waals surface area contributed by atoms with Gasteiger partial charge in [-0.1, -0.05) is 0 Å². The molecule has 1 aliphatic rings. The number of hydrogen-bond donors (Lipinski definition) is 2. The topological polar surface area (TPSA) is 92.9 Å². The van der Waals surface area contributed by atoms with Crippen LogP contribution in [0.4, 0.5) is 9.80 Å². The fraction of sp³-hybridized carbons (Fsp3) is 0.455. The summed E-state index contributed by atoms with van der Waals surface area (Å²) >= 11 is 1.34. The standard InChI is InChI=1S/C11H14N2O4S/c1-2-17-10(14)8-6-5-13(11(15)16)4-3-7(6)18-9(8)12/h2-5,12H2,1H3,(H,15,16).